The zero-order valence-corrected chi connectivity index (χ0v) is 19.0. The van der Waals surface area contributed by atoms with Crippen LogP contribution < -0.4 is 20.7 Å². The number of benzene rings is 1. The van der Waals surface area contributed by atoms with Crippen LogP contribution in [0.2, 0.25) is 0 Å². The van der Waals surface area contributed by atoms with Gasteiger partial charge in [0, 0.05) is 27.2 Å². The zero-order chi connectivity index (χ0) is 22.6. The molecule has 0 bridgehead atoms. The molecular formula is C22H33N9O. The SMILES string of the molecule is CN=C(NC#N)NCc1nc(NCCCOc2cccc(CN3CCCCC3)c2)n(C)n1. The van der Waals surface area contributed by atoms with Gasteiger partial charge < -0.3 is 15.4 Å². The molecule has 0 unspecified atom stereocenters. The van der Waals surface area contributed by atoms with E-state index in [9.17, 15) is 0 Å². The molecule has 0 saturated carbocycles. The lowest BCUT2D eigenvalue weighted by molar-refractivity contribution is 0.220. The molecule has 0 spiro atoms. The lowest BCUT2D eigenvalue weighted by Gasteiger charge is -2.26. The first-order chi connectivity index (χ1) is 15.7. The van der Waals surface area contributed by atoms with Gasteiger partial charge >= 0.3 is 0 Å². The summed E-state index contributed by atoms with van der Waals surface area (Å²) in [6, 6.07) is 8.42. The van der Waals surface area contributed by atoms with Crippen LogP contribution in [0.1, 0.15) is 37.1 Å². The van der Waals surface area contributed by atoms with Gasteiger partial charge in [0.25, 0.3) is 0 Å². The molecule has 0 aliphatic carbocycles. The number of ether oxygens (including phenoxy) is 1. The van der Waals surface area contributed by atoms with Crippen molar-refractivity contribution in [3.05, 3.63) is 35.7 Å². The summed E-state index contributed by atoms with van der Waals surface area (Å²) in [6.07, 6.45) is 6.64. The minimum atomic E-state index is 0.369. The van der Waals surface area contributed by atoms with Crippen molar-refractivity contribution in [2.45, 2.75) is 38.8 Å². The highest BCUT2D eigenvalue weighted by atomic mass is 16.5. The molecule has 0 amide bonds. The first kappa shape index (κ1) is 23.3. The molecule has 172 valence electrons. The molecule has 1 aliphatic rings. The van der Waals surface area contributed by atoms with Gasteiger partial charge in [0.1, 0.15) is 5.75 Å². The third-order valence-electron chi connectivity index (χ3n) is 5.25. The summed E-state index contributed by atoms with van der Waals surface area (Å²) in [5, 5.41) is 21.8. The number of nitrogens with zero attached hydrogens (tertiary/aromatic N) is 6. The molecule has 3 rings (SSSR count). The van der Waals surface area contributed by atoms with Crippen molar-refractivity contribution in [2.24, 2.45) is 12.0 Å². The fourth-order valence-electron chi connectivity index (χ4n) is 3.63. The fraction of sp³-hybridized carbons (Fsp3) is 0.545. The Labute approximate surface area is 189 Å². The highest BCUT2D eigenvalue weighted by Crippen LogP contribution is 2.17. The summed E-state index contributed by atoms with van der Waals surface area (Å²) in [4.78, 5) is 10.9. The number of likely N-dealkylation sites (tertiary alicyclic amines) is 1. The Morgan fingerprint density at radius 3 is 2.91 bits per heavy atom. The molecule has 2 aromatic rings. The molecule has 2 heterocycles. The molecule has 3 N–H and O–H groups in total. The predicted octanol–water partition coefficient (Wildman–Crippen LogP) is 1.83. The zero-order valence-electron chi connectivity index (χ0n) is 19.0. The minimum Gasteiger partial charge on any atom is -0.494 e. The number of nitriles is 1. The smallest absolute Gasteiger partial charge is 0.221 e. The number of anilines is 1. The van der Waals surface area contributed by atoms with E-state index >= 15 is 0 Å². The summed E-state index contributed by atoms with van der Waals surface area (Å²) in [7, 11) is 3.43. The van der Waals surface area contributed by atoms with Crippen molar-refractivity contribution in [3.63, 3.8) is 0 Å². The molecule has 10 nitrogen and oxygen atoms in total. The Hall–Kier alpha value is -3.32. The summed E-state index contributed by atoms with van der Waals surface area (Å²) >= 11 is 0. The number of hydrogen-bond acceptors (Lipinski definition) is 7. The highest BCUT2D eigenvalue weighted by molar-refractivity contribution is 5.80. The van der Waals surface area contributed by atoms with E-state index in [1.807, 2.05) is 19.3 Å². The van der Waals surface area contributed by atoms with E-state index in [-0.39, 0.29) is 0 Å². The number of guanidine groups is 1. The number of hydrogen-bond donors (Lipinski definition) is 3. The van der Waals surface area contributed by atoms with E-state index in [1.165, 1.54) is 37.9 Å². The first-order valence-corrected chi connectivity index (χ1v) is 11.1. The van der Waals surface area contributed by atoms with Crippen LogP contribution in [0.5, 0.6) is 5.75 Å². The van der Waals surface area contributed by atoms with Crippen molar-refractivity contribution in [1.29, 1.82) is 5.26 Å². The van der Waals surface area contributed by atoms with Crippen LogP contribution in [0.25, 0.3) is 0 Å². The third kappa shape index (κ3) is 7.42. The summed E-state index contributed by atoms with van der Waals surface area (Å²) in [5.41, 5.74) is 1.31. The minimum absolute atomic E-state index is 0.369. The Balaban J connectivity index is 1.37. The first-order valence-electron chi connectivity index (χ1n) is 11.1. The molecular weight excluding hydrogens is 406 g/mol. The van der Waals surface area contributed by atoms with Gasteiger partial charge in [0.15, 0.2) is 12.0 Å². The van der Waals surface area contributed by atoms with Crippen LogP contribution in [-0.2, 0) is 20.1 Å². The van der Waals surface area contributed by atoms with Gasteiger partial charge in [-0.3, -0.25) is 15.2 Å². The average molecular weight is 440 g/mol. The normalized spacial score (nSPS) is 14.6. The van der Waals surface area contributed by atoms with E-state index in [2.05, 4.69) is 54.1 Å². The van der Waals surface area contributed by atoms with Gasteiger partial charge in [-0.25, -0.2) is 4.68 Å². The molecule has 32 heavy (non-hydrogen) atoms. The fourth-order valence-corrected chi connectivity index (χ4v) is 3.63. The molecule has 0 radical (unpaired) electrons. The second-order valence-electron chi connectivity index (χ2n) is 7.75. The maximum atomic E-state index is 8.67. The lowest BCUT2D eigenvalue weighted by atomic mass is 10.1. The molecule has 1 aromatic heterocycles. The van der Waals surface area contributed by atoms with Crippen LogP contribution in [0, 0.1) is 11.5 Å². The molecule has 0 atom stereocenters. The maximum Gasteiger partial charge on any atom is 0.221 e. The second kappa shape index (κ2) is 12.5. The summed E-state index contributed by atoms with van der Waals surface area (Å²) in [6.45, 7) is 5.11. The topological polar surface area (TPSA) is 115 Å². The Kier molecular flexibility index (Phi) is 9.13. The van der Waals surface area contributed by atoms with Crippen molar-refractivity contribution >= 4 is 11.9 Å². The number of nitrogens with one attached hydrogen (secondary N) is 3. The van der Waals surface area contributed by atoms with Gasteiger partial charge in [0.2, 0.25) is 11.9 Å². The quantitative estimate of drug-likeness (QED) is 0.169. The lowest BCUT2D eigenvalue weighted by Crippen LogP contribution is -2.34. The molecule has 1 aromatic carbocycles. The van der Waals surface area contributed by atoms with Crippen molar-refractivity contribution < 1.29 is 4.74 Å². The number of aryl methyl sites for hydroxylation is 1. The average Bonchev–Trinajstić information content (AvgIpc) is 3.16. The molecule has 10 heteroatoms. The van der Waals surface area contributed by atoms with E-state index in [0.29, 0.717) is 30.9 Å². The predicted molar refractivity (Wildman–Crippen MR) is 124 cm³/mol. The van der Waals surface area contributed by atoms with E-state index in [1.54, 1.807) is 11.7 Å². The molecule has 1 saturated heterocycles. The van der Waals surface area contributed by atoms with E-state index < -0.39 is 0 Å². The number of piperidine rings is 1. The second-order valence-corrected chi connectivity index (χ2v) is 7.75. The third-order valence-corrected chi connectivity index (χ3v) is 5.25. The van der Waals surface area contributed by atoms with Gasteiger partial charge in [-0.05, 0) is 50.0 Å². The highest BCUT2D eigenvalue weighted by Gasteiger charge is 2.11. The van der Waals surface area contributed by atoms with Crippen LogP contribution in [-0.4, -0.2) is 58.9 Å². The monoisotopic (exact) mass is 439 g/mol. The van der Waals surface area contributed by atoms with Crippen LogP contribution in [0.3, 0.4) is 0 Å². The van der Waals surface area contributed by atoms with Crippen molar-refractivity contribution in [3.8, 4) is 11.9 Å². The van der Waals surface area contributed by atoms with Crippen LogP contribution >= 0.6 is 0 Å². The Morgan fingerprint density at radius 2 is 2.12 bits per heavy atom. The summed E-state index contributed by atoms with van der Waals surface area (Å²) in [5.74, 6) is 2.60. The van der Waals surface area contributed by atoms with E-state index in [0.717, 1.165) is 25.3 Å². The maximum absolute atomic E-state index is 8.67. The van der Waals surface area contributed by atoms with Crippen LogP contribution in [0.4, 0.5) is 5.95 Å². The van der Waals surface area contributed by atoms with Gasteiger partial charge in [0.05, 0.1) is 13.2 Å². The Bertz CT molecular complexity index is 912. The summed E-state index contributed by atoms with van der Waals surface area (Å²) < 4.78 is 7.65. The largest absolute Gasteiger partial charge is 0.494 e. The molecule has 1 aliphatic heterocycles. The Morgan fingerprint density at radius 1 is 1.28 bits per heavy atom. The van der Waals surface area contributed by atoms with Gasteiger partial charge in [-0.2, -0.15) is 15.3 Å². The number of aromatic nitrogens is 3. The van der Waals surface area contributed by atoms with Crippen LogP contribution in [0.15, 0.2) is 29.3 Å². The van der Waals surface area contributed by atoms with Gasteiger partial charge in [-0.1, -0.05) is 18.6 Å². The number of rotatable bonds is 10. The van der Waals surface area contributed by atoms with Crippen molar-refractivity contribution in [1.82, 2.24) is 30.3 Å². The number of aliphatic imine (C=N–C) groups is 1. The van der Waals surface area contributed by atoms with Crippen molar-refractivity contribution in [2.75, 3.05) is 38.6 Å². The molecule has 1 fully saturated rings. The standard InChI is InChI=1S/C22H33N9O/c1-24-21(27-17-23)26-15-20-28-22(30(2)29-20)25-10-7-13-32-19-9-6-8-18(14-19)16-31-11-4-3-5-12-31/h6,8-9,14H,3-5,7,10-13,15-16H2,1-2H3,(H2,24,26,27)(H,25,28,29). The van der Waals surface area contributed by atoms with E-state index in [4.69, 9.17) is 10.00 Å². The van der Waals surface area contributed by atoms with Gasteiger partial charge in [-0.15, -0.1) is 0 Å².